The van der Waals surface area contributed by atoms with E-state index in [1.165, 1.54) is 19.4 Å². The van der Waals surface area contributed by atoms with Crippen molar-refractivity contribution in [3.05, 3.63) is 47.7 Å². The van der Waals surface area contributed by atoms with Crippen molar-refractivity contribution >= 4 is 28.1 Å². The number of carbonyl (C=O) groups excluding carboxylic acids is 1. The fourth-order valence-electron chi connectivity index (χ4n) is 3.04. The Morgan fingerprint density at radius 2 is 1.96 bits per heavy atom. The van der Waals surface area contributed by atoms with E-state index < -0.39 is 0 Å². The molecule has 0 radical (unpaired) electrons. The van der Waals surface area contributed by atoms with Crippen LogP contribution in [0.4, 0.5) is 11.4 Å². The van der Waals surface area contributed by atoms with Crippen molar-refractivity contribution in [1.82, 2.24) is 4.98 Å². The van der Waals surface area contributed by atoms with Gasteiger partial charge in [0.05, 0.1) is 18.4 Å². The third-order valence-corrected chi connectivity index (χ3v) is 4.39. The molecule has 0 unspecified atom stereocenters. The highest BCUT2D eigenvalue weighted by atomic mass is 16.5. The molecule has 140 valence electrons. The lowest BCUT2D eigenvalue weighted by Gasteiger charge is -2.17. The van der Waals surface area contributed by atoms with E-state index in [1.54, 1.807) is 24.3 Å². The molecule has 1 heterocycles. The Bertz CT molecular complexity index is 1010. The highest BCUT2D eigenvalue weighted by Crippen LogP contribution is 2.37. The average molecular weight is 366 g/mol. The average Bonchev–Trinajstić information content (AvgIpc) is 2.63. The van der Waals surface area contributed by atoms with Crippen LogP contribution in [0, 0.1) is 6.92 Å². The first-order valence-corrected chi connectivity index (χ1v) is 8.74. The van der Waals surface area contributed by atoms with Gasteiger partial charge in [0.15, 0.2) is 5.78 Å². The molecule has 6 heteroatoms. The number of pyridine rings is 1. The number of carbonyl (C=O) groups is 1. The van der Waals surface area contributed by atoms with Gasteiger partial charge in [-0.05, 0) is 43.2 Å². The molecule has 0 aliphatic carbocycles. The number of nitrogens with zero attached hydrogens (tertiary/aromatic N) is 1. The molecule has 2 aromatic carbocycles. The molecule has 0 aliphatic rings. The van der Waals surface area contributed by atoms with Gasteiger partial charge in [0, 0.05) is 29.8 Å². The summed E-state index contributed by atoms with van der Waals surface area (Å²) < 4.78 is 5.33. The normalized spacial score (nSPS) is 10.8. The maximum Gasteiger partial charge on any atom is 0.166 e. The van der Waals surface area contributed by atoms with E-state index in [0.717, 1.165) is 17.7 Å². The van der Waals surface area contributed by atoms with E-state index in [4.69, 9.17) is 4.74 Å². The van der Waals surface area contributed by atoms with Crippen molar-refractivity contribution in [2.45, 2.75) is 26.7 Å². The molecule has 0 saturated carbocycles. The lowest BCUT2D eigenvalue weighted by atomic mass is 10.0. The fraction of sp³-hybridized carbons (Fsp3) is 0.238. The van der Waals surface area contributed by atoms with E-state index in [2.05, 4.69) is 10.3 Å². The van der Waals surface area contributed by atoms with Crippen molar-refractivity contribution in [2.75, 3.05) is 12.4 Å². The first-order valence-electron chi connectivity index (χ1n) is 8.74. The summed E-state index contributed by atoms with van der Waals surface area (Å²) in [6.45, 7) is 3.80. The predicted molar refractivity (Wildman–Crippen MR) is 105 cm³/mol. The molecule has 0 amide bonds. The number of hydrogen-bond donors (Lipinski definition) is 3. The van der Waals surface area contributed by atoms with Gasteiger partial charge >= 0.3 is 0 Å². The van der Waals surface area contributed by atoms with Crippen LogP contribution in [0.25, 0.3) is 10.9 Å². The summed E-state index contributed by atoms with van der Waals surface area (Å²) in [5.74, 6) is 0.573. The van der Waals surface area contributed by atoms with E-state index in [0.29, 0.717) is 34.3 Å². The molecular weight excluding hydrogens is 344 g/mol. The minimum atomic E-state index is -0.0341. The Balaban J connectivity index is 2.25. The second-order valence-corrected chi connectivity index (χ2v) is 6.39. The number of aromatic hydroxyl groups is 2. The van der Waals surface area contributed by atoms with Gasteiger partial charge in [0.25, 0.3) is 0 Å². The molecule has 0 spiro atoms. The maximum atomic E-state index is 12.7. The molecule has 0 bridgehead atoms. The number of ether oxygens (including phenoxy) is 1. The first kappa shape index (κ1) is 18.5. The molecule has 27 heavy (non-hydrogen) atoms. The van der Waals surface area contributed by atoms with Crippen LogP contribution in [0.5, 0.6) is 17.2 Å². The number of nitrogens with one attached hydrogen (secondary N) is 1. The first-order chi connectivity index (χ1) is 12.9. The lowest BCUT2D eigenvalue weighted by Crippen LogP contribution is -2.06. The number of rotatable bonds is 6. The number of hydrogen-bond acceptors (Lipinski definition) is 6. The number of aromatic nitrogens is 1. The third-order valence-electron chi connectivity index (χ3n) is 4.39. The van der Waals surface area contributed by atoms with Gasteiger partial charge in [-0.2, -0.15) is 0 Å². The third kappa shape index (κ3) is 3.65. The number of ketones is 1. The predicted octanol–water partition coefficient (Wildman–Crippen LogP) is 4.69. The minimum Gasteiger partial charge on any atom is -0.508 e. The van der Waals surface area contributed by atoms with Gasteiger partial charge < -0.3 is 20.3 Å². The Kier molecular flexibility index (Phi) is 5.16. The van der Waals surface area contributed by atoms with Crippen LogP contribution < -0.4 is 10.1 Å². The number of Topliss-reactive ketones (excluding diaryl/α,β-unsaturated/α-hetero) is 1. The Hall–Kier alpha value is -3.28. The van der Waals surface area contributed by atoms with Gasteiger partial charge in [0.2, 0.25) is 0 Å². The summed E-state index contributed by atoms with van der Waals surface area (Å²) in [6, 6.07) is 8.00. The number of anilines is 2. The molecule has 0 fully saturated rings. The van der Waals surface area contributed by atoms with Crippen molar-refractivity contribution in [1.29, 1.82) is 0 Å². The quantitative estimate of drug-likeness (QED) is 0.433. The molecule has 3 rings (SSSR count). The number of fused-ring (bicyclic) bond motifs is 1. The number of methoxy groups -OCH3 is 1. The van der Waals surface area contributed by atoms with Crippen LogP contribution in [-0.2, 0) is 0 Å². The number of aryl methyl sites for hydroxylation is 1. The van der Waals surface area contributed by atoms with E-state index in [9.17, 15) is 15.0 Å². The summed E-state index contributed by atoms with van der Waals surface area (Å²) in [5.41, 5.74) is 3.11. The van der Waals surface area contributed by atoms with Gasteiger partial charge in [-0.25, -0.2) is 0 Å². The second-order valence-electron chi connectivity index (χ2n) is 6.39. The van der Waals surface area contributed by atoms with Crippen LogP contribution in [0.1, 0.15) is 35.7 Å². The van der Waals surface area contributed by atoms with Crippen molar-refractivity contribution in [3.63, 3.8) is 0 Å². The van der Waals surface area contributed by atoms with Crippen LogP contribution >= 0.6 is 0 Å². The van der Waals surface area contributed by atoms with E-state index in [-0.39, 0.29) is 17.3 Å². The minimum absolute atomic E-state index is 0.0201. The molecule has 6 nitrogen and oxygen atoms in total. The summed E-state index contributed by atoms with van der Waals surface area (Å²) in [6.07, 6.45) is 2.66. The van der Waals surface area contributed by atoms with Gasteiger partial charge in [-0.15, -0.1) is 0 Å². The number of phenols is 2. The summed E-state index contributed by atoms with van der Waals surface area (Å²) in [4.78, 5) is 17.1. The highest BCUT2D eigenvalue weighted by Gasteiger charge is 2.18. The summed E-state index contributed by atoms with van der Waals surface area (Å²) in [7, 11) is 1.50. The topological polar surface area (TPSA) is 91.7 Å². The van der Waals surface area contributed by atoms with Gasteiger partial charge in [0.1, 0.15) is 22.8 Å². The Morgan fingerprint density at radius 1 is 1.19 bits per heavy atom. The van der Waals surface area contributed by atoms with Crippen molar-refractivity contribution in [2.24, 2.45) is 0 Å². The molecule has 0 atom stereocenters. The van der Waals surface area contributed by atoms with Gasteiger partial charge in [-0.1, -0.05) is 6.92 Å². The molecule has 3 N–H and O–H groups in total. The largest absolute Gasteiger partial charge is 0.508 e. The maximum absolute atomic E-state index is 12.7. The Morgan fingerprint density at radius 3 is 2.63 bits per heavy atom. The summed E-state index contributed by atoms with van der Waals surface area (Å²) in [5, 5.41) is 23.6. The van der Waals surface area contributed by atoms with Crippen LogP contribution in [0.2, 0.25) is 0 Å². The van der Waals surface area contributed by atoms with Crippen molar-refractivity contribution in [3.8, 4) is 17.2 Å². The number of benzene rings is 2. The van der Waals surface area contributed by atoms with Crippen molar-refractivity contribution < 1.29 is 19.7 Å². The molecule has 1 aromatic heterocycles. The monoisotopic (exact) mass is 366 g/mol. The lowest BCUT2D eigenvalue weighted by molar-refractivity contribution is 0.0982. The van der Waals surface area contributed by atoms with Gasteiger partial charge in [-0.3, -0.25) is 9.78 Å². The fourth-order valence-corrected chi connectivity index (χ4v) is 3.04. The molecule has 0 saturated heterocycles. The van der Waals surface area contributed by atoms with Crippen LogP contribution in [0.3, 0.4) is 0 Å². The Labute approximate surface area is 157 Å². The van der Waals surface area contributed by atoms with Crippen LogP contribution in [0.15, 0.2) is 36.5 Å². The smallest absolute Gasteiger partial charge is 0.166 e. The standard InChI is InChI=1S/C21H22N2O4/c1-4-5-18(26)16-11-22-21-15(9-14(25)10-19(21)27-3)20(16)23-17-7-6-13(24)8-12(17)2/h6-11,24-25H,4-5H2,1-3H3,(H,22,23). The zero-order valence-corrected chi connectivity index (χ0v) is 15.5. The zero-order chi connectivity index (χ0) is 19.6. The number of phenolic OH excluding ortho intramolecular Hbond substituents is 2. The van der Waals surface area contributed by atoms with E-state index in [1.807, 2.05) is 13.8 Å². The molecular formula is C21H22N2O4. The zero-order valence-electron chi connectivity index (χ0n) is 15.5. The van der Waals surface area contributed by atoms with Crippen LogP contribution in [-0.4, -0.2) is 28.1 Å². The summed E-state index contributed by atoms with van der Waals surface area (Å²) >= 11 is 0. The van der Waals surface area contributed by atoms with E-state index >= 15 is 0 Å². The SMILES string of the molecule is CCCC(=O)c1cnc2c(OC)cc(O)cc2c1Nc1ccc(O)cc1C. The highest BCUT2D eigenvalue weighted by molar-refractivity contribution is 6.10. The molecule has 3 aromatic rings. The molecule has 0 aliphatic heterocycles. The second kappa shape index (κ2) is 7.53.